The predicted octanol–water partition coefficient (Wildman–Crippen LogP) is 3.71. The molecule has 1 aliphatic rings. The van der Waals surface area contributed by atoms with Crippen LogP contribution in [0.1, 0.15) is 27.0 Å². The maximum Gasteiger partial charge on any atom is 0.326 e. The fourth-order valence-corrected chi connectivity index (χ4v) is 3.78. The van der Waals surface area contributed by atoms with Crippen LogP contribution in [0.5, 0.6) is 0 Å². The zero-order valence-electron chi connectivity index (χ0n) is 15.5. The molecule has 5 nitrogen and oxygen atoms in total. The van der Waals surface area contributed by atoms with E-state index in [9.17, 15) is 14.7 Å². The molecule has 1 amide bonds. The van der Waals surface area contributed by atoms with E-state index in [0.29, 0.717) is 18.5 Å². The quantitative estimate of drug-likeness (QED) is 0.761. The topological polar surface area (TPSA) is 70.5 Å². The van der Waals surface area contributed by atoms with Crippen molar-refractivity contribution in [2.24, 2.45) is 0 Å². The van der Waals surface area contributed by atoms with Gasteiger partial charge in [-0.3, -0.25) is 9.78 Å². The minimum Gasteiger partial charge on any atom is -0.480 e. The van der Waals surface area contributed by atoms with Crippen molar-refractivity contribution in [2.45, 2.75) is 25.9 Å². The van der Waals surface area contributed by atoms with Crippen LogP contribution in [0.25, 0.3) is 11.3 Å². The molecule has 0 fully saturated rings. The van der Waals surface area contributed by atoms with E-state index < -0.39 is 12.0 Å². The summed E-state index contributed by atoms with van der Waals surface area (Å²) in [5.41, 5.74) is 4.94. The van der Waals surface area contributed by atoms with Crippen LogP contribution in [-0.2, 0) is 17.8 Å². The maximum absolute atomic E-state index is 13.4. The molecular weight excluding hydrogens is 352 g/mol. The number of carbonyl (C=O) groups is 2. The van der Waals surface area contributed by atoms with Crippen LogP contribution in [0.15, 0.2) is 66.9 Å². The summed E-state index contributed by atoms with van der Waals surface area (Å²) in [7, 11) is 0. The van der Waals surface area contributed by atoms with Gasteiger partial charge in [-0.2, -0.15) is 0 Å². The molecule has 28 heavy (non-hydrogen) atoms. The Balaban J connectivity index is 1.74. The molecule has 0 radical (unpaired) electrons. The van der Waals surface area contributed by atoms with Crippen molar-refractivity contribution in [1.29, 1.82) is 0 Å². The van der Waals surface area contributed by atoms with Crippen molar-refractivity contribution in [3.8, 4) is 11.3 Å². The molecule has 2 aromatic carbocycles. The lowest BCUT2D eigenvalue weighted by atomic mass is 9.92. The molecular formula is C23H20N2O3. The minimum atomic E-state index is -0.985. The lowest BCUT2D eigenvalue weighted by molar-refractivity contribution is -0.142. The molecule has 0 saturated heterocycles. The zero-order valence-corrected chi connectivity index (χ0v) is 15.5. The van der Waals surface area contributed by atoms with Crippen LogP contribution in [0, 0.1) is 6.92 Å². The predicted molar refractivity (Wildman–Crippen MR) is 106 cm³/mol. The molecule has 0 spiro atoms. The molecule has 1 unspecified atom stereocenters. The Bertz CT molecular complexity index is 1050. The highest BCUT2D eigenvalue weighted by Gasteiger charge is 2.35. The number of aromatic nitrogens is 1. The molecule has 1 aliphatic heterocycles. The first-order chi connectivity index (χ1) is 13.6. The van der Waals surface area contributed by atoms with Crippen molar-refractivity contribution >= 4 is 11.9 Å². The Morgan fingerprint density at radius 3 is 2.46 bits per heavy atom. The second-order valence-electron chi connectivity index (χ2n) is 6.95. The Morgan fingerprint density at radius 1 is 1.00 bits per heavy atom. The molecule has 0 saturated carbocycles. The first-order valence-electron chi connectivity index (χ1n) is 9.18. The molecule has 1 atom stereocenters. The highest BCUT2D eigenvalue weighted by molar-refractivity contribution is 5.99. The van der Waals surface area contributed by atoms with Gasteiger partial charge >= 0.3 is 5.97 Å². The average molecular weight is 372 g/mol. The standard InChI is InChI=1S/C23H20N2O3/c1-15-18(20-11-4-5-12-24-20)9-6-10-19(15)22(26)25-14-17-8-3-2-7-16(17)13-21(25)23(27)28/h2-12,21H,13-14H2,1H3,(H,27,28). The third-order valence-electron chi connectivity index (χ3n) is 5.30. The zero-order chi connectivity index (χ0) is 19.7. The molecule has 140 valence electrons. The fourth-order valence-electron chi connectivity index (χ4n) is 3.78. The molecule has 4 rings (SSSR count). The summed E-state index contributed by atoms with van der Waals surface area (Å²) in [6, 6.07) is 18.0. The monoisotopic (exact) mass is 372 g/mol. The Morgan fingerprint density at radius 2 is 1.75 bits per heavy atom. The van der Waals surface area contributed by atoms with E-state index in [0.717, 1.165) is 27.9 Å². The summed E-state index contributed by atoms with van der Waals surface area (Å²) >= 11 is 0. The summed E-state index contributed by atoms with van der Waals surface area (Å²) in [6.45, 7) is 2.17. The third kappa shape index (κ3) is 3.16. The van der Waals surface area contributed by atoms with Gasteiger partial charge in [0.05, 0.1) is 5.69 Å². The maximum atomic E-state index is 13.4. The average Bonchev–Trinajstić information content (AvgIpc) is 2.73. The number of nitrogens with zero attached hydrogens (tertiary/aromatic N) is 2. The number of benzene rings is 2. The number of hydrogen-bond acceptors (Lipinski definition) is 3. The van der Waals surface area contributed by atoms with Gasteiger partial charge in [0, 0.05) is 30.3 Å². The van der Waals surface area contributed by atoms with Crippen molar-refractivity contribution in [3.63, 3.8) is 0 Å². The first-order valence-corrected chi connectivity index (χ1v) is 9.18. The van der Waals surface area contributed by atoms with Crippen LogP contribution in [-0.4, -0.2) is 32.9 Å². The number of pyridine rings is 1. The Kier molecular flexibility index (Phi) is 4.65. The van der Waals surface area contributed by atoms with Gasteiger partial charge in [0.25, 0.3) is 5.91 Å². The number of carboxylic acid groups (broad SMARTS) is 1. The molecule has 2 heterocycles. The van der Waals surface area contributed by atoms with E-state index in [4.69, 9.17) is 0 Å². The van der Waals surface area contributed by atoms with Gasteiger partial charge in [0.1, 0.15) is 6.04 Å². The summed E-state index contributed by atoms with van der Waals surface area (Å²) in [5, 5.41) is 9.73. The summed E-state index contributed by atoms with van der Waals surface area (Å²) < 4.78 is 0. The second kappa shape index (κ2) is 7.27. The number of carboxylic acids is 1. The number of rotatable bonds is 3. The van der Waals surface area contributed by atoms with Crippen molar-refractivity contribution in [1.82, 2.24) is 9.88 Å². The van der Waals surface area contributed by atoms with Crippen LogP contribution >= 0.6 is 0 Å². The van der Waals surface area contributed by atoms with E-state index in [-0.39, 0.29) is 5.91 Å². The van der Waals surface area contributed by atoms with Crippen LogP contribution in [0.3, 0.4) is 0 Å². The van der Waals surface area contributed by atoms with Gasteiger partial charge in [0.2, 0.25) is 0 Å². The van der Waals surface area contributed by atoms with Crippen LogP contribution < -0.4 is 0 Å². The van der Waals surface area contributed by atoms with Crippen LogP contribution in [0.4, 0.5) is 0 Å². The smallest absolute Gasteiger partial charge is 0.326 e. The van der Waals surface area contributed by atoms with Crippen molar-refractivity contribution < 1.29 is 14.7 Å². The van der Waals surface area contributed by atoms with Gasteiger partial charge < -0.3 is 10.0 Å². The molecule has 5 heteroatoms. The van der Waals surface area contributed by atoms with Gasteiger partial charge in [-0.05, 0) is 41.8 Å². The molecule has 1 aromatic heterocycles. The normalized spacial score (nSPS) is 15.8. The fraction of sp³-hybridized carbons (Fsp3) is 0.174. The number of fused-ring (bicyclic) bond motifs is 1. The molecule has 0 aliphatic carbocycles. The third-order valence-corrected chi connectivity index (χ3v) is 5.30. The van der Waals surface area contributed by atoms with Gasteiger partial charge in [-0.1, -0.05) is 42.5 Å². The largest absolute Gasteiger partial charge is 0.480 e. The lowest BCUT2D eigenvalue weighted by Crippen LogP contribution is -2.48. The molecule has 3 aromatic rings. The van der Waals surface area contributed by atoms with Gasteiger partial charge in [-0.25, -0.2) is 4.79 Å². The highest BCUT2D eigenvalue weighted by Crippen LogP contribution is 2.29. The van der Waals surface area contributed by atoms with E-state index in [1.807, 2.05) is 61.5 Å². The van der Waals surface area contributed by atoms with Crippen molar-refractivity contribution in [2.75, 3.05) is 0 Å². The van der Waals surface area contributed by atoms with E-state index >= 15 is 0 Å². The summed E-state index contributed by atoms with van der Waals surface area (Å²) in [4.78, 5) is 31.1. The minimum absolute atomic E-state index is 0.266. The molecule has 0 bridgehead atoms. The summed E-state index contributed by atoms with van der Waals surface area (Å²) in [6.07, 6.45) is 2.03. The number of carbonyl (C=O) groups excluding carboxylic acids is 1. The van der Waals surface area contributed by atoms with E-state index in [1.165, 1.54) is 4.90 Å². The van der Waals surface area contributed by atoms with E-state index in [1.54, 1.807) is 12.3 Å². The number of aliphatic carboxylic acids is 1. The van der Waals surface area contributed by atoms with E-state index in [2.05, 4.69) is 4.98 Å². The Hall–Kier alpha value is -3.47. The van der Waals surface area contributed by atoms with Crippen LogP contribution in [0.2, 0.25) is 0 Å². The summed E-state index contributed by atoms with van der Waals surface area (Å²) in [5.74, 6) is -1.25. The highest BCUT2D eigenvalue weighted by atomic mass is 16.4. The Labute approximate surface area is 163 Å². The second-order valence-corrected chi connectivity index (χ2v) is 6.95. The number of hydrogen-bond donors (Lipinski definition) is 1. The molecule has 1 N–H and O–H groups in total. The van der Waals surface area contributed by atoms with Gasteiger partial charge in [-0.15, -0.1) is 0 Å². The SMILES string of the molecule is Cc1c(C(=O)N2Cc3ccccc3CC2C(=O)O)cccc1-c1ccccn1. The van der Waals surface area contributed by atoms with Gasteiger partial charge in [0.15, 0.2) is 0 Å². The van der Waals surface area contributed by atoms with Crippen molar-refractivity contribution in [3.05, 3.63) is 89.1 Å². The number of amides is 1. The lowest BCUT2D eigenvalue weighted by Gasteiger charge is -2.35. The first kappa shape index (κ1) is 17.9.